The Bertz CT molecular complexity index is 189. The average molecular weight is 226 g/mol. The van der Waals surface area contributed by atoms with E-state index in [-0.39, 0.29) is 12.2 Å². The summed E-state index contributed by atoms with van der Waals surface area (Å²) in [6.45, 7) is 4.41. The minimum Gasteiger partial charge on any atom is -0.229 e. The van der Waals surface area contributed by atoms with Crippen molar-refractivity contribution in [1.82, 2.24) is 0 Å². The Labute approximate surface area is 99.9 Å². The van der Waals surface area contributed by atoms with Crippen LogP contribution in [0.25, 0.3) is 0 Å². The first-order valence-electron chi connectivity index (χ1n) is 6.87. The fraction of sp³-hybridized carbons (Fsp3) is 0.857. The molecule has 2 nitrogen and oxygen atoms in total. The van der Waals surface area contributed by atoms with Crippen LogP contribution in [0.4, 0.5) is 0 Å². The highest BCUT2D eigenvalue weighted by atomic mass is 17.2. The van der Waals surface area contributed by atoms with Crippen LogP contribution in [-0.4, -0.2) is 12.2 Å². The summed E-state index contributed by atoms with van der Waals surface area (Å²) in [5.74, 6) is 0. The van der Waals surface area contributed by atoms with E-state index in [0.29, 0.717) is 0 Å². The minimum atomic E-state index is 0.182. The Morgan fingerprint density at radius 3 is 1.94 bits per heavy atom. The molecule has 0 fully saturated rings. The molecule has 16 heavy (non-hydrogen) atoms. The van der Waals surface area contributed by atoms with Crippen molar-refractivity contribution < 1.29 is 9.78 Å². The van der Waals surface area contributed by atoms with Crippen LogP contribution in [0.2, 0.25) is 0 Å². The second-order valence-electron chi connectivity index (χ2n) is 4.65. The van der Waals surface area contributed by atoms with E-state index in [0.717, 1.165) is 19.3 Å². The summed E-state index contributed by atoms with van der Waals surface area (Å²) >= 11 is 0. The van der Waals surface area contributed by atoms with Gasteiger partial charge in [-0.2, -0.15) is 0 Å². The van der Waals surface area contributed by atoms with Gasteiger partial charge in [0.05, 0.1) is 0 Å². The molecule has 0 saturated heterocycles. The molecule has 1 aliphatic rings. The lowest BCUT2D eigenvalue weighted by molar-refractivity contribution is -0.341. The van der Waals surface area contributed by atoms with Crippen molar-refractivity contribution in [2.45, 2.75) is 77.4 Å². The molecule has 0 aliphatic carbocycles. The van der Waals surface area contributed by atoms with E-state index in [9.17, 15) is 0 Å². The zero-order valence-corrected chi connectivity index (χ0v) is 10.8. The van der Waals surface area contributed by atoms with Crippen molar-refractivity contribution in [3.8, 4) is 0 Å². The van der Waals surface area contributed by atoms with Gasteiger partial charge in [0.25, 0.3) is 0 Å². The molecule has 1 heterocycles. The van der Waals surface area contributed by atoms with Crippen LogP contribution >= 0.6 is 0 Å². The quantitative estimate of drug-likeness (QED) is 0.347. The highest BCUT2D eigenvalue weighted by molar-refractivity contribution is 4.96. The van der Waals surface area contributed by atoms with Gasteiger partial charge >= 0.3 is 0 Å². The largest absolute Gasteiger partial charge is 0.229 e. The Balaban J connectivity index is 2.04. The van der Waals surface area contributed by atoms with Crippen molar-refractivity contribution in [3.63, 3.8) is 0 Å². The van der Waals surface area contributed by atoms with Crippen molar-refractivity contribution in [2.75, 3.05) is 0 Å². The predicted molar refractivity (Wildman–Crippen MR) is 67.2 cm³/mol. The molecular weight excluding hydrogens is 200 g/mol. The standard InChI is InChI=1S/C14H26O2/c1-3-5-6-7-8-10-14-12-11-13(9-4-2)15-16-14/h11-14H,3-10H2,1-2H3/t13-,14+/m0/s1. The Morgan fingerprint density at radius 1 is 0.750 bits per heavy atom. The third kappa shape index (κ3) is 5.66. The topological polar surface area (TPSA) is 18.5 Å². The maximum atomic E-state index is 5.36. The van der Waals surface area contributed by atoms with E-state index in [1.54, 1.807) is 0 Å². The first-order chi connectivity index (χ1) is 7.86. The van der Waals surface area contributed by atoms with Gasteiger partial charge in [-0.25, -0.2) is 9.78 Å². The molecular formula is C14H26O2. The monoisotopic (exact) mass is 226 g/mol. The first kappa shape index (κ1) is 13.7. The van der Waals surface area contributed by atoms with Crippen LogP contribution in [0.15, 0.2) is 12.2 Å². The van der Waals surface area contributed by atoms with Crippen molar-refractivity contribution in [3.05, 3.63) is 12.2 Å². The molecule has 2 heteroatoms. The highest BCUT2D eigenvalue weighted by Gasteiger charge is 2.16. The lowest BCUT2D eigenvalue weighted by Gasteiger charge is -2.22. The molecule has 0 radical (unpaired) electrons. The maximum absolute atomic E-state index is 5.36. The van der Waals surface area contributed by atoms with E-state index in [4.69, 9.17) is 9.78 Å². The zero-order chi connectivity index (χ0) is 11.6. The summed E-state index contributed by atoms with van der Waals surface area (Å²) in [6, 6.07) is 0. The van der Waals surface area contributed by atoms with Crippen LogP contribution in [0.5, 0.6) is 0 Å². The summed E-state index contributed by atoms with van der Waals surface area (Å²) in [5.41, 5.74) is 0. The van der Waals surface area contributed by atoms with Gasteiger partial charge in [-0.15, -0.1) is 0 Å². The van der Waals surface area contributed by atoms with E-state index in [2.05, 4.69) is 26.0 Å². The fourth-order valence-corrected chi connectivity index (χ4v) is 1.98. The molecule has 1 aliphatic heterocycles. The smallest absolute Gasteiger partial charge is 0.111 e. The van der Waals surface area contributed by atoms with Crippen molar-refractivity contribution in [2.24, 2.45) is 0 Å². The van der Waals surface area contributed by atoms with Gasteiger partial charge in [-0.3, -0.25) is 0 Å². The first-order valence-corrected chi connectivity index (χ1v) is 6.87. The van der Waals surface area contributed by atoms with Crippen LogP contribution < -0.4 is 0 Å². The third-order valence-electron chi connectivity index (χ3n) is 3.01. The highest BCUT2D eigenvalue weighted by Crippen LogP contribution is 2.17. The summed E-state index contributed by atoms with van der Waals surface area (Å²) in [5, 5.41) is 0. The third-order valence-corrected chi connectivity index (χ3v) is 3.01. The summed E-state index contributed by atoms with van der Waals surface area (Å²) in [6.07, 6.45) is 14.6. The Hall–Kier alpha value is -0.340. The van der Waals surface area contributed by atoms with Crippen molar-refractivity contribution in [1.29, 1.82) is 0 Å². The molecule has 0 bridgehead atoms. The van der Waals surface area contributed by atoms with Crippen LogP contribution in [-0.2, 0) is 9.78 Å². The second-order valence-corrected chi connectivity index (χ2v) is 4.65. The molecule has 0 amide bonds. The Kier molecular flexibility index (Phi) is 7.52. The summed E-state index contributed by atoms with van der Waals surface area (Å²) in [7, 11) is 0. The fourth-order valence-electron chi connectivity index (χ4n) is 1.98. The molecule has 1 rings (SSSR count). The molecule has 0 aromatic carbocycles. The molecule has 2 atom stereocenters. The lowest BCUT2D eigenvalue weighted by Crippen LogP contribution is -2.22. The number of unbranched alkanes of at least 4 members (excludes halogenated alkanes) is 4. The van der Waals surface area contributed by atoms with Gasteiger partial charge in [0.15, 0.2) is 0 Å². The molecule has 0 unspecified atom stereocenters. The number of rotatable bonds is 8. The Morgan fingerprint density at radius 2 is 1.38 bits per heavy atom. The molecule has 0 aromatic rings. The summed E-state index contributed by atoms with van der Waals surface area (Å²) in [4.78, 5) is 10.7. The van der Waals surface area contributed by atoms with E-state index < -0.39 is 0 Å². The minimum absolute atomic E-state index is 0.182. The van der Waals surface area contributed by atoms with E-state index in [1.807, 2.05) is 0 Å². The number of hydrogen-bond donors (Lipinski definition) is 0. The van der Waals surface area contributed by atoms with Gasteiger partial charge in [0.1, 0.15) is 12.2 Å². The number of hydrogen-bond acceptors (Lipinski definition) is 2. The molecule has 0 aromatic heterocycles. The van der Waals surface area contributed by atoms with Gasteiger partial charge in [-0.1, -0.05) is 64.5 Å². The summed E-state index contributed by atoms with van der Waals surface area (Å²) < 4.78 is 0. The maximum Gasteiger partial charge on any atom is 0.111 e. The second kappa shape index (κ2) is 8.77. The SMILES string of the molecule is CCCCCCC[C@@H]1C=C[C@H](CCC)OO1. The molecule has 0 N–H and O–H groups in total. The van der Waals surface area contributed by atoms with Crippen LogP contribution in [0.3, 0.4) is 0 Å². The van der Waals surface area contributed by atoms with E-state index >= 15 is 0 Å². The zero-order valence-electron chi connectivity index (χ0n) is 10.8. The molecule has 0 saturated carbocycles. The van der Waals surface area contributed by atoms with Gasteiger partial charge in [-0.05, 0) is 12.8 Å². The van der Waals surface area contributed by atoms with E-state index in [1.165, 1.54) is 32.1 Å². The molecule has 94 valence electrons. The lowest BCUT2D eigenvalue weighted by atomic mass is 10.1. The van der Waals surface area contributed by atoms with Crippen molar-refractivity contribution >= 4 is 0 Å². The normalized spacial score (nSPS) is 24.9. The van der Waals surface area contributed by atoms with Crippen LogP contribution in [0, 0.1) is 0 Å². The molecule has 0 spiro atoms. The van der Waals surface area contributed by atoms with Crippen LogP contribution in [0.1, 0.15) is 65.2 Å². The van der Waals surface area contributed by atoms with Gasteiger partial charge in [0, 0.05) is 0 Å². The van der Waals surface area contributed by atoms with Gasteiger partial charge in [0.2, 0.25) is 0 Å². The predicted octanol–water partition coefficient (Wildman–Crippen LogP) is 4.40. The van der Waals surface area contributed by atoms with Gasteiger partial charge < -0.3 is 0 Å². The average Bonchev–Trinajstić information content (AvgIpc) is 2.31.